The van der Waals surface area contributed by atoms with Gasteiger partial charge < -0.3 is 5.32 Å². The van der Waals surface area contributed by atoms with Crippen LogP contribution in [0.15, 0.2) is 24.3 Å². The Labute approximate surface area is 105 Å². The summed E-state index contributed by atoms with van der Waals surface area (Å²) in [7, 11) is 0. The second-order valence-electron chi connectivity index (χ2n) is 5.18. The molecule has 2 rings (SSSR count). The van der Waals surface area contributed by atoms with E-state index < -0.39 is 18.1 Å². The fourth-order valence-electron chi connectivity index (χ4n) is 2.65. The van der Waals surface area contributed by atoms with Gasteiger partial charge in [-0.1, -0.05) is 29.8 Å². The summed E-state index contributed by atoms with van der Waals surface area (Å²) in [5, 5.41) is 3.10. The zero-order chi connectivity index (χ0) is 13.3. The van der Waals surface area contributed by atoms with E-state index in [-0.39, 0.29) is 12.5 Å². The summed E-state index contributed by atoms with van der Waals surface area (Å²) < 4.78 is 39.2. The van der Waals surface area contributed by atoms with Crippen LogP contribution in [0.5, 0.6) is 0 Å². The zero-order valence-electron chi connectivity index (χ0n) is 10.6. The van der Waals surface area contributed by atoms with E-state index in [2.05, 4.69) is 5.32 Å². The smallest absolute Gasteiger partial charge is 0.307 e. The van der Waals surface area contributed by atoms with Crippen molar-refractivity contribution in [3.63, 3.8) is 0 Å². The Morgan fingerprint density at radius 3 is 2.56 bits per heavy atom. The summed E-state index contributed by atoms with van der Waals surface area (Å²) in [5.74, 6) is -1.28. The lowest BCUT2D eigenvalue weighted by Crippen LogP contribution is -2.45. The molecule has 0 radical (unpaired) electrons. The largest absolute Gasteiger partial charge is 0.393 e. The summed E-state index contributed by atoms with van der Waals surface area (Å²) in [5.41, 5.74) is 1.73. The number of hydrogen-bond donors (Lipinski definition) is 1. The molecule has 1 aliphatic rings. The van der Waals surface area contributed by atoms with Gasteiger partial charge >= 0.3 is 6.18 Å². The first-order valence-electron chi connectivity index (χ1n) is 6.27. The monoisotopic (exact) mass is 257 g/mol. The molecule has 1 aromatic carbocycles. The second-order valence-corrected chi connectivity index (χ2v) is 5.18. The number of piperidine rings is 1. The third-order valence-corrected chi connectivity index (χ3v) is 3.60. The van der Waals surface area contributed by atoms with E-state index in [1.54, 1.807) is 6.07 Å². The van der Waals surface area contributed by atoms with E-state index in [1.807, 2.05) is 32.0 Å². The van der Waals surface area contributed by atoms with Crippen LogP contribution in [0.25, 0.3) is 0 Å². The molecule has 0 amide bonds. The van der Waals surface area contributed by atoms with Gasteiger partial charge in [-0.05, 0) is 32.3 Å². The number of rotatable bonds is 1. The van der Waals surface area contributed by atoms with Gasteiger partial charge in [0.25, 0.3) is 0 Å². The lowest BCUT2D eigenvalue weighted by Gasteiger charge is -2.37. The van der Waals surface area contributed by atoms with E-state index in [9.17, 15) is 13.2 Å². The molecule has 4 heteroatoms. The SMILES string of the molecule is Cc1cccc([C@@H]2N[C@H](C)CC[C@@H]2C(F)(F)F)c1. The van der Waals surface area contributed by atoms with Crippen LogP contribution in [0.2, 0.25) is 0 Å². The summed E-state index contributed by atoms with van der Waals surface area (Å²) in [6.45, 7) is 3.84. The van der Waals surface area contributed by atoms with Crippen LogP contribution in [-0.4, -0.2) is 12.2 Å². The van der Waals surface area contributed by atoms with Gasteiger partial charge in [-0.25, -0.2) is 0 Å². The van der Waals surface area contributed by atoms with Gasteiger partial charge in [0, 0.05) is 12.1 Å². The van der Waals surface area contributed by atoms with Crippen molar-refractivity contribution in [3.05, 3.63) is 35.4 Å². The van der Waals surface area contributed by atoms with E-state index in [0.29, 0.717) is 6.42 Å². The van der Waals surface area contributed by atoms with E-state index in [4.69, 9.17) is 0 Å². The third-order valence-electron chi connectivity index (χ3n) is 3.60. The Kier molecular flexibility index (Phi) is 3.66. The topological polar surface area (TPSA) is 12.0 Å². The van der Waals surface area contributed by atoms with Crippen molar-refractivity contribution >= 4 is 0 Å². The third kappa shape index (κ3) is 2.86. The van der Waals surface area contributed by atoms with Crippen LogP contribution in [-0.2, 0) is 0 Å². The highest BCUT2D eigenvalue weighted by Crippen LogP contribution is 2.42. The molecule has 0 aromatic heterocycles. The Morgan fingerprint density at radius 2 is 1.94 bits per heavy atom. The van der Waals surface area contributed by atoms with Crippen molar-refractivity contribution in [2.45, 2.75) is 44.9 Å². The molecule has 0 spiro atoms. The van der Waals surface area contributed by atoms with Crippen molar-refractivity contribution < 1.29 is 13.2 Å². The number of nitrogens with one attached hydrogen (secondary N) is 1. The fourth-order valence-corrected chi connectivity index (χ4v) is 2.65. The van der Waals surface area contributed by atoms with E-state index in [0.717, 1.165) is 11.1 Å². The van der Waals surface area contributed by atoms with E-state index in [1.165, 1.54) is 0 Å². The second kappa shape index (κ2) is 4.92. The zero-order valence-corrected chi connectivity index (χ0v) is 10.6. The molecule has 1 aromatic rings. The first-order valence-corrected chi connectivity index (χ1v) is 6.27. The number of benzene rings is 1. The summed E-state index contributed by atoms with van der Waals surface area (Å²) in [4.78, 5) is 0. The van der Waals surface area contributed by atoms with Crippen molar-refractivity contribution in [1.29, 1.82) is 0 Å². The van der Waals surface area contributed by atoms with Crippen molar-refractivity contribution in [2.75, 3.05) is 0 Å². The normalized spacial score (nSPS) is 29.3. The van der Waals surface area contributed by atoms with Crippen molar-refractivity contribution in [3.8, 4) is 0 Å². The number of hydrogen-bond acceptors (Lipinski definition) is 1. The molecule has 0 bridgehead atoms. The number of alkyl halides is 3. The Hall–Kier alpha value is -1.03. The molecule has 0 saturated carbocycles. The van der Waals surface area contributed by atoms with Gasteiger partial charge in [0.2, 0.25) is 0 Å². The predicted octanol–water partition coefficient (Wildman–Crippen LogP) is 3.99. The molecule has 0 unspecified atom stereocenters. The molecule has 1 N–H and O–H groups in total. The highest BCUT2D eigenvalue weighted by molar-refractivity contribution is 5.26. The molecule has 100 valence electrons. The molecule has 18 heavy (non-hydrogen) atoms. The van der Waals surface area contributed by atoms with Gasteiger partial charge in [0.05, 0.1) is 5.92 Å². The van der Waals surface area contributed by atoms with Gasteiger partial charge in [0.1, 0.15) is 0 Å². The van der Waals surface area contributed by atoms with Crippen LogP contribution in [0.3, 0.4) is 0 Å². The Bertz CT molecular complexity index is 414. The lowest BCUT2D eigenvalue weighted by atomic mass is 9.83. The van der Waals surface area contributed by atoms with Crippen molar-refractivity contribution in [1.82, 2.24) is 5.32 Å². The maximum atomic E-state index is 13.1. The van der Waals surface area contributed by atoms with Crippen LogP contribution in [0.1, 0.15) is 36.9 Å². The minimum absolute atomic E-state index is 0.133. The Morgan fingerprint density at radius 1 is 1.22 bits per heavy atom. The van der Waals surface area contributed by atoms with E-state index >= 15 is 0 Å². The molecule has 3 atom stereocenters. The van der Waals surface area contributed by atoms with Gasteiger partial charge in [-0.2, -0.15) is 13.2 Å². The predicted molar refractivity (Wildman–Crippen MR) is 65.3 cm³/mol. The van der Waals surface area contributed by atoms with Crippen LogP contribution >= 0.6 is 0 Å². The van der Waals surface area contributed by atoms with Crippen LogP contribution < -0.4 is 5.32 Å². The molecule has 1 fully saturated rings. The summed E-state index contributed by atoms with van der Waals surface area (Å²) in [6, 6.07) is 6.86. The van der Waals surface area contributed by atoms with Crippen LogP contribution in [0.4, 0.5) is 13.2 Å². The van der Waals surface area contributed by atoms with Gasteiger partial charge in [0.15, 0.2) is 0 Å². The van der Waals surface area contributed by atoms with Crippen LogP contribution in [0, 0.1) is 12.8 Å². The summed E-state index contributed by atoms with van der Waals surface area (Å²) in [6.07, 6.45) is -3.36. The molecule has 1 nitrogen and oxygen atoms in total. The minimum atomic E-state index is -4.14. The lowest BCUT2D eigenvalue weighted by molar-refractivity contribution is -0.190. The molecule has 1 saturated heterocycles. The molecule has 1 heterocycles. The molecular weight excluding hydrogens is 239 g/mol. The first-order chi connectivity index (χ1) is 8.38. The standard InChI is InChI=1S/C14H18F3N/c1-9-4-3-5-11(8-9)13-12(14(15,16)17)7-6-10(2)18-13/h3-5,8,10,12-13,18H,6-7H2,1-2H3/t10-,12+,13+/m1/s1. The number of halogens is 3. The average Bonchev–Trinajstić information content (AvgIpc) is 2.27. The molecule has 1 aliphatic heterocycles. The minimum Gasteiger partial charge on any atom is -0.307 e. The van der Waals surface area contributed by atoms with Crippen molar-refractivity contribution in [2.24, 2.45) is 5.92 Å². The highest BCUT2D eigenvalue weighted by Gasteiger charge is 2.47. The highest BCUT2D eigenvalue weighted by atomic mass is 19.4. The fraction of sp³-hybridized carbons (Fsp3) is 0.571. The molecular formula is C14H18F3N. The average molecular weight is 257 g/mol. The maximum absolute atomic E-state index is 13.1. The first kappa shape index (κ1) is 13.4. The maximum Gasteiger partial charge on any atom is 0.393 e. The summed E-state index contributed by atoms with van der Waals surface area (Å²) >= 11 is 0. The van der Waals surface area contributed by atoms with Gasteiger partial charge in [-0.15, -0.1) is 0 Å². The quantitative estimate of drug-likeness (QED) is 0.802. The van der Waals surface area contributed by atoms with Gasteiger partial charge in [-0.3, -0.25) is 0 Å². The Balaban J connectivity index is 2.31. The number of aryl methyl sites for hydroxylation is 1. The molecule has 0 aliphatic carbocycles.